The molecular formula is C12H19BrN2O2. The topological polar surface area (TPSA) is 54.3 Å². The Morgan fingerprint density at radius 2 is 2.12 bits per heavy atom. The number of rotatable bonds is 5. The molecule has 0 saturated carbocycles. The maximum atomic E-state index is 12.1. The van der Waals surface area contributed by atoms with Crippen molar-refractivity contribution in [2.24, 2.45) is 7.05 Å². The van der Waals surface area contributed by atoms with Gasteiger partial charge in [0.05, 0.1) is 12.1 Å². The summed E-state index contributed by atoms with van der Waals surface area (Å²) < 4.78 is 2.63. The van der Waals surface area contributed by atoms with Crippen LogP contribution in [0, 0.1) is 0 Å². The number of amides is 1. The van der Waals surface area contributed by atoms with Gasteiger partial charge in [0.1, 0.15) is 5.69 Å². The number of halogens is 1. The van der Waals surface area contributed by atoms with Crippen LogP contribution >= 0.6 is 15.9 Å². The first-order chi connectivity index (χ1) is 7.98. The van der Waals surface area contributed by atoms with Crippen LogP contribution in [0.2, 0.25) is 0 Å². The Kier molecular flexibility index (Phi) is 4.77. The highest BCUT2D eigenvalue weighted by molar-refractivity contribution is 9.10. The van der Waals surface area contributed by atoms with Crippen LogP contribution in [0.4, 0.5) is 0 Å². The van der Waals surface area contributed by atoms with Crippen molar-refractivity contribution in [3.8, 4) is 0 Å². The first kappa shape index (κ1) is 14.3. The van der Waals surface area contributed by atoms with Crippen molar-refractivity contribution >= 4 is 21.8 Å². The van der Waals surface area contributed by atoms with Crippen LogP contribution in [0.15, 0.2) is 16.7 Å². The van der Waals surface area contributed by atoms with E-state index in [9.17, 15) is 9.90 Å². The number of carbonyl (C=O) groups excluding carboxylic acids is 1. The molecule has 4 nitrogen and oxygen atoms in total. The van der Waals surface area contributed by atoms with Crippen LogP contribution in [0.5, 0.6) is 0 Å². The van der Waals surface area contributed by atoms with Crippen LogP contribution in [0.25, 0.3) is 0 Å². The van der Waals surface area contributed by atoms with Gasteiger partial charge in [-0.15, -0.1) is 0 Å². The molecule has 0 aliphatic rings. The SMILES string of the molecule is CCC(CC)(CO)NC(=O)c1cc(Br)cn1C. The Balaban J connectivity index is 2.88. The molecule has 17 heavy (non-hydrogen) atoms. The van der Waals surface area contributed by atoms with Crippen LogP contribution in [-0.2, 0) is 7.05 Å². The van der Waals surface area contributed by atoms with E-state index in [1.165, 1.54) is 0 Å². The van der Waals surface area contributed by atoms with Gasteiger partial charge in [-0.2, -0.15) is 0 Å². The molecule has 0 unspecified atom stereocenters. The molecule has 2 N–H and O–H groups in total. The van der Waals surface area contributed by atoms with Crippen LogP contribution in [0.1, 0.15) is 37.2 Å². The number of aliphatic hydroxyl groups excluding tert-OH is 1. The van der Waals surface area contributed by atoms with Crippen LogP contribution in [-0.4, -0.2) is 27.7 Å². The average molecular weight is 303 g/mol. The number of hydrogen-bond acceptors (Lipinski definition) is 2. The molecule has 0 spiro atoms. The maximum Gasteiger partial charge on any atom is 0.268 e. The summed E-state index contributed by atoms with van der Waals surface area (Å²) in [5.74, 6) is -0.157. The summed E-state index contributed by atoms with van der Waals surface area (Å²) in [4.78, 5) is 12.1. The summed E-state index contributed by atoms with van der Waals surface area (Å²) in [6.45, 7) is 3.87. The minimum absolute atomic E-state index is 0.0443. The van der Waals surface area contributed by atoms with E-state index in [0.29, 0.717) is 18.5 Å². The zero-order chi connectivity index (χ0) is 13.1. The highest BCUT2D eigenvalue weighted by atomic mass is 79.9. The van der Waals surface area contributed by atoms with E-state index in [0.717, 1.165) is 4.47 Å². The van der Waals surface area contributed by atoms with Crippen molar-refractivity contribution in [3.05, 3.63) is 22.4 Å². The highest BCUT2D eigenvalue weighted by Crippen LogP contribution is 2.18. The fourth-order valence-corrected chi connectivity index (χ4v) is 2.27. The lowest BCUT2D eigenvalue weighted by Gasteiger charge is -2.30. The Morgan fingerprint density at radius 1 is 1.53 bits per heavy atom. The predicted molar refractivity (Wildman–Crippen MR) is 71.0 cm³/mol. The van der Waals surface area contributed by atoms with Crippen molar-refractivity contribution in [1.82, 2.24) is 9.88 Å². The van der Waals surface area contributed by atoms with Crippen molar-refractivity contribution < 1.29 is 9.90 Å². The summed E-state index contributed by atoms with van der Waals surface area (Å²) >= 11 is 3.33. The van der Waals surface area contributed by atoms with E-state index in [1.54, 1.807) is 10.6 Å². The molecule has 0 aromatic carbocycles. The number of nitrogens with zero attached hydrogens (tertiary/aromatic N) is 1. The third kappa shape index (κ3) is 3.10. The van der Waals surface area contributed by atoms with E-state index in [-0.39, 0.29) is 12.5 Å². The van der Waals surface area contributed by atoms with Gasteiger partial charge in [0.15, 0.2) is 0 Å². The predicted octanol–water partition coefficient (Wildman–Crippen LogP) is 2.07. The lowest BCUT2D eigenvalue weighted by molar-refractivity contribution is 0.0809. The molecule has 0 radical (unpaired) electrons. The first-order valence-electron chi connectivity index (χ1n) is 5.73. The summed E-state index contributed by atoms with van der Waals surface area (Å²) in [5, 5.41) is 12.3. The molecule has 1 heterocycles. The van der Waals surface area contributed by atoms with Gasteiger partial charge in [-0.3, -0.25) is 4.79 Å². The maximum absolute atomic E-state index is 12.1. The lowest BCUT2D eigenvalue weighted by atomic mass is 9.94. The Labute approximate surface area is 110 Å². The van der Waals surface area contributed by atoms with Gasteiger partial charge in [0.25, 0.3) is 5.91 Å². The van der Waals surface area contributed by atoms with Crippen molar-refractivity contribution in [3.63, 3.8) is 0 Å². The Bertz CT molecular complexity index is 389. The molecule has 0 saturated heterocycles. The summed E-state index contributed by atoms with van der Waals surface area (Å²) in [5.41, 5.74) is 0.0602. The van der Waals surface area contributed by atoms with Crippen molar-refractivity contribution in [2.45, 2.75) is 32.2 Å². The molecule has 1 aromatic heterocycles. The number of hydrogen-bond donors (Lipinski definition) is 2. The first-order valence-corrected chi connectivity index (χ1v) is 6.52. The molecule has 0 fully saturated rings. The number of aromatic nitrogens is 1. The Hall–Kier alpha value is -0.810. The monoisotopic (exact) mass is 302 g/mol. The lowest BCUT2D eigenvalue weighted by Crippen LogP contribution is -2.50. The summed E-state index contributed by atoms with van der Waals surface area (Å²) in [6.07, 6.45) is 3.24. The molecule has 0 bridgehead atoms. The molecule has 0 aliphatic heterocycles. The fraction of sp³-hybridized carbons (Fsp3) is 0.583. The minimum Gasteiger partial charge on any atom is -0.394 e. The van der Waals surface area contributed by atoms with Crippen LogP contribution < -0.4 is 5.32 Å². The third-order valence-corrected chi connectivity index (χ3v) is 3.67. The molecule has 1 aromatic rings. The quantitative estimate of drug-likeness (QED) is 0.875. The fourth-order valence-electron chi connectivity index (χ4n) is 1.74. The van der Waals surface area contributed by atoms with E-state index in [4.69, 9.17) is 0 Å². The molecule has 1 amide bonds. The van der Waals surface area contributed by atoms with Crippen LogP contribution in [0.3, 0.4) is 0 Å². The summed E-state index contributed by atoms with van der Waals surface area (Å²) in [7, 11) is 1.82. The Morgan fingerprint density at radius 3 is 2.47 bits per heavy atom. The second kappa shape index (κ2) is 5.69. The van der Waals surface area contributed by atoms with Gasteiger partial charge in [0, 0.05) is 17.7 Å². The zero-order valence-corrected chi connectivity index (χ0v) is 12.0. The van der Waals surface area contributed by atoms with E-state index >= 15 is 0 Å². The van der Waals surface area contributed by atoms with Gasteiger partial charge in [-0.05, 0) is 34.8 Å². The highest BCUT2D eigenvalue weighted by Gasteiger charge is 2.28. The van der Waals surface area contributed by atoms with Gasteiger partial charge in [-0.1, -0.05) is 13.8 Å². The number of aliphatic hydroxyl groups is 1. The second-order valence-electron chi connectivity index (χ2n) is 4.25. The number of carbonyl (C=O) groups is 1. The average Bonchev–Trinajstić information content (AvgIpc) is 2.65. The van der Waals surface area contributed by atoms with E-state index in [1.807, 2.05) is 27.1 Å². The standard InChI is InChI=1S/C12H19BrN2O2/c1-4-12(5-2,8-16)14-11(17)10-6-9(13)7-15(10)3/h6-7,16H,4-5,8H2,1-3H3,(H,14,17). The van der Waals surface area contributed by atoms with Crippen molar-refractivity contribution in [1.29, 1.82) is 0 Å². The molecular weight excluding hydrogens is 284 g/mol. The van der Waals surface area contributed by atoms with Gasteiger partial charge < -0.3 is 15.0 Å². The molecule has 0 aliphatic carbocycles. The van der Waals surface area contributed by atoms with Gasteiger partial charge in [0.2, 0.25) is 0 Å². The molecule has 0 atom stereocenters. The molecule has 96 valence electrons. The van der Waals surface area contributed by atoms with E-state index in [2.05, 4.69) is 21.2 Å². The second-order valence-corrected chi connectivity index (χ2v) is 5.17. The molecule has 1 rings (SSSR count). The molecule has 5 heteroatoms. The van der Waals surface area contributed by atoms with Gasteiger partial charge >= 0.3 is 0 Å². The normalized spacial score (nSPS) is 11.6. The summed E-state index contributed by atoms with van der Waals surface area (Å²) in [6, 6.07) is 1.77. The smallest absolute Gasteiger partial charge is 0.268 e. The largest absolute Gasteiger partial charge is 0.394 e. The third-order valence-electron chi connectivity index (χ3n) is 3.24. The van der Waals surface area contributed by atoms with Crippen molar-refractivity contribution in [2.75, 3.05) is 6.61 Å². The number of aryl methyl sites for hydroxylation is 1. The van der Waals surface area contributed by atoms with Gasteiger partial charge in [-0.25, -0.2) is 0 Å². The van der Waals surface area contributed by atoms with E-state index < -0.39 is 5.54 Å². The minimum atomic E-state index is -0.520. The zero-order valence-electron chi connectivity index (χ0n) is 10.5. The number of nitrogens with one attached hydrogen (secondary N) is 1.